The summed E-state index contributed by atoms with van der Waals surface area (Å²) in [6.45, 7) is 0.157. The summed E-state index contributed by atoms with van der Waals surface area (Å²) in [4.78, 5) is 15.7. The van der Waals surface area contributed by atoms with Gasteiger partial charge in [-0.05, 0) is 30.6 Å². The van der Waals surface area contributed by atoms with Crippen LogP contribution in [-0.4, -0.2) is 37.4 Å². The van der Waals surface area contributed by atoms with Crippen LogP contribution in [-0.2, 0) is 21.4 Å². The maximum atomic E-state index is 13.8. The largest absolute Gasteiger partial charge is 0.349 e. The van der Waals surface area contributed by atoms with E-state index < -0.39 is 38.5 Å². The molecule has 0 aliphatic heterocycles. The lowest BCUT2D eigenvalue weighted by molar-refractivity contribution is -0.122. The Bertz CT molecular complexity index is 845. The molecule has 0 aliphatic rings. The Labute approximate surface area is 158 Å². The number of sulfonamides is 1. The topological polar surface area (TPSA) is 88.2 Å². The fraction of sp³-hybridized carbons (Fsp3) is 0.333. The van der Waals surface area contributed by atoms with E-state index in [2.05, 4.69) is 15.0 Å². The molecule has 0 saturated carbocycles. The zero-order chi connectivity index (χ0) is 19.2. The van der Waals surface area contributed by atoms with Gasteiger partial charge >= 0.3 is 0 Å². The lowest BCUT2D eigenvalue weighted by Gasteiger charge is -2.18. The number of hydrogen-bond acceptors (Lipinski definition) is 6. The first kappa shape index (κ1) is 20.7. The lowest BCUT2D eigenvalue weighted by atomic mass is 10.2. The minimum Gasteiger partial charge on any atom is -0.349 e. The van der Waals surface area contributed by atoms with Gasteiger partial charge < -0.3 is 5.32 Å². The van der Waals surface area contributed by atoms with Crippen molar-refractivity contribution in [3.05, 3.63) is 46.4 Å². The molecule has 0 aliphatic carbocycles. The summed E-state index contributed by atoms with van der Waals surface area (Å²) in [5.74, 6) is -2.13. The molecule has 1 aromatic carbocycles. The van der Waals surface area contributed by atoms with Crippen molar-refractivity contribution in [2.45, 2.75) is 23.9 Å². The number of carbonyl (C=O) groups is 1. The molecule has 0 radical (unpaired) electrons. The van der Waals surface area contributed by atoms with Crippen molar-refractivity contribution in [2.75, 3.05) is 12.0 Å². The minimum absolute atomic E-state index is 0.157. The highest BCUT2D eigenvalue weighted by atomic mass is 32.2. The van der Waals surface area contributed by atoms with Crippen LogP contribution < -0.4 is 10.0 Å². The monoisotopic (exact) mass is 421 g/mol. The molecule has 1 heterocycles. The predicted octanol–water partition coefficient (Wildman–Crippen LogP) is 2.14. The van der Waals surface area contributed by atoms with E-state index in [4.69, 9.17) is 0 Å². The van der Waals surface area contributed by atoms with Crippen LogP contribution in [0.2, 0.25) is 0 Å². The highest BCUT2D eigenvalue weighted by molar-refractivity contribution is 7.98. The minimum atomic E-state index is -4.33. The molecule has 11 heteroatoms. The van der Waals surface area contributed by atoms with Gasteiger partial charge in [0, 0.05) is 11.4 Å². The molecule has 1 aromatic heterocycles. The molecule has 142 valence electrons. The number of thioether (sulfide) groups is 1. The van der Waals surface area contributed by atoms with Gasteiger partial charge in [0.25, 0.3) is 0 Å². The molecular weight excluding hydrogens is 404 g/mol. The first-order valence-electron chi connectivity index (χ1n) is 7.44. The number of carbonyl (C=O) groups excluding carboxylic acids is 1. The molecule has 0 saturated heterocycles. The molecule has 2 rings (SSSR count). The number of halogens is 2. The SMILES string of the molecule is CSCC[C@H](NS(=O)(=O)c1ccc(F)cc1F)C(=O)NCc1cscn1. The van der Waals surface area contributed by atoms with E-state index in [0.717, 1.165) is 12.1 Å². The zero-order valence-electron chi connectivity index (χ0n) is 13.7. The van der Waals surface area contributed by atoms with E-state index in [0.29, 0.717) is 17.5 Å². The van der Waals surface area contributed by atoms with Gasteiger partial charge in [-0.15, -0.1) is 11.3 Å². The maximum Gasteiger partial charge on any atom is 0.244 e. The molecule has 6 nitrogen and oxygen atoms in total. The van der Waals surface area contributed by atoms with Gasteiger partial charge in [0.1, 0.15) is 22.6 Å². The standard InChI is InChI=1S/C15H17F2N3O3S3/c1-24-5-4-13(15(21)18-7-11-8-25-9-19-11)20-26(22,23)14-3-2-10(16)6-12(14)17/h2-3,6,8-9,13,20H,4-5,7H2,1H3,(H,18,21)/t13-/m0/s1. The number of hydrogen-bond donors (Lipinski definition) is 2. The number of nitrogens with zero attached hydrogens (tertiary/aromatic N) is 1. The first-order chi connectivity index (χ1) is 12.3. The molecule has 26 heavy (non-hydrogen) atoms. The average Bonchev–Trinajstić information content (AvgIpc) is 3.09. The Kier molecular flexibility index (Phi) is 7.50. The summed E-state index contributed by atoms with van der Waals surface area (Å²) < 4.78 is 53.8. The van der Waals surface area contributed by atoms with E-state index in [-0.39, 0.29) is 13.0 Å². The normalized spacial score (nSPS) is 12.7. The quantitative estimate of drug-likeness (QED) is 0.648. The maximum absolute atomic E-state index is 13.8. The highest BCUT2D eigenvalue weighted by Crippen LogP contribution is 2.16. The van der Waals surface area contributed by atoms with Crippen LogP contribution in [0.4, 0.5) is 8.78 Å². The second-order valence-corrected chi connectivity index (χ2v) is 8.61. The van der Waals surface area contributed by atoms with E-state index in [1.165, 1.54) is 23.1 Å². The average molecular weight is 422 g/mol. The first-order valence-corrected chi connectivity index (χ1v) is 11.3. The van der Waals surface area contributed by atoms with Crippen LogP contribution in [0.5, 0.6) is 0 Å². The Morgan fingerprint density at radius 3 is 2.77 bits per heavy atom. The Morgan fingerprint density at radius 1 is 1.38 bits per heavy atom. The summed E-state index contributed by atoms with van der Waals surface area (Å²) in [6.07, 6.45) is 2.03. The molecule has 0 unspecified atom stereocenters. The van der Waals surface area contributed by atoms with Crippen LogP contribution in [0.3, 0.4) is 0 Å². The van der Waals surface area contributed by atoms with Crippen molar-refractivity contribution >= 4 is 39.0 Å². The zero-order valence-corrected chi connectivity index (χ0v) is 16.2. The number of nitrogens with one attached hydrogen (secondary N) is 2. The third-order valence-electron chi connectivity index (χ3n) is 3.34. The van der Waals surface area contributed by atoms with Gasteiger partial charge in [-0.1, -0.05) is 0 Å². The van der Waals surface area contributed by atoms with Crippen molar-refractivity contribution in [2.24, 2.45) is 0 Å². The fourth-order valence-corrected chi connectivity index (χ4v) is 4.37. The summed E-state index contributed by atoms with van der Waals surface area (Å²) in [5.41, 5.74) is 2.27. The molecule has 0 spiro atoms. The van der Waals surface area contributed by atoms with Crippen LogP contribution in [0.1, 0.15) is 12.1 Å². The Hall–Kier alpha value is -1.56. The van der Waals surface area contributed by atoms with Gasteiger partial charge in [-0.3, -0.25) is 4.79 Å². The van der Waals surface area contributed by atoms with Crippen LogP contribution in [0.25, 0.3) is 0 Å². The predicted molar refractivity (Wildman–Crippen MR) is 97.4 cm³/mol. The summed E-state index contributed by atoms with van der Waals surface area (Å²) in [7, 11) is -4.33. The number of amides is 1. The van der Waals surface area contributed by atoms with Crippen LogP contribution in [0.15, 0.2) is 34.0 Å². The Morgan fingerprint density at radius 2 is 2.15 bits per heavy atom. The van der Waals surface area contributed by atoms with Gasteiger partial charge in [0.05, 0.1) is 17.7 Å². The van der Waals surface area contributed by atoms with Crippen molar-refractivity contribution < 1.29 is 22.0 Å². The summed E-state index contributed by atoms with van der Waals surface area (Å²) >= 11 is 2.81. The third-order valence-corrected chi connectivity index (χ3v) is 6.12. The van der Waals surface area contributed by atoms with Crippen LogP contribution >= 0.6 is 23.1 Å². The van der Waals surface area contributed by atoms with Crippen molar-refractivity contribution in [3.8, 4) is 0 Å². The summed E-state index contributed by atoms with van der Waals surface area (Å²) in [6, 6.07) is 1.06. The number of benzene rings is 1. The molecular formula is C15H17F2N3O3S3. The third kappa shape index (κ3) is 5.73. The van der Waals surface area contributed by atoms with Gasteiger partial charge in [-0.25, -0.2) is 22.2 Å². The molecule has 2 N–H and O–H groups in total. The Balaban J connectivity index is 2.13. The van der Waals surface area contributed by atoms with Crippen molar-refractivity contribution in [1.29, 1.82) is 0 Å². The van der Waals surface area contributed by atoms with Gasteiger partial charge in [0.2, 0.25) is 15.9 Å². The van der Waals surface area contributed by atoms with E-state index in [9.17, 15) is 22.0 Å². The molecule has 0 bridgehead atoms. The summed E-state index contributed by atoms with van der Waals surface area (Å²) in [5, 5.41) is 4.37. The van der Waals surface area contributed by atoms with Crippen LogP contribution in [0, 0.1) is 11.6 Å². The second kappa shape index (κ2) is 9.40. The molecule has 1 atom stereocenters. The van der Waals surface area contributed by atoms with Crippen molar-refractivity contribution in [1.82, 2.24) is 15.0 Å². The van der Waals surface area contributed by atoms with E-state index >= 15 is 0 Å². The van der Waals surface area contributed by atoms with Crippen molar-refractivity contribution in [3.63, 3.8) is 0 Å². The number of rotatable bonds is 9. The highest BCUT2D eigenvalue weighted by Gasteiger charge is 2.27. The van der Waals surface area contributed by atoms with E-state index in [1.54, 1.807) is 10.9 Å². The molecule has 1 amide bonds. The number of thiazole rings is 1. The smallest absolute Gasteiger partial charge is 0.244 e. The van der Waals surface area contributed by atoms with Gasteiger partial charge in [-0.2, -0.15) is 16.5 Å². The number of aromatic nitrogens is 1. The lowest BCUT2D eigenvalue weighted by Crippen LogP contribution is -2.47. The van der Waals surface area contributed by atoms with E-state index in [1.807, 2.05) is 6.26 Å². The fourth-order valence-electron chi connectivity index (χ4n) is 2.05. The molecule has 2 aromatic rings. The molecule has 0 fully saturated rings. The van der Waals surface area contributed by atoms with Gasteiger partial charge in [0.15, 0.2) is 0 Å². The second-order valence-electron chi connectivity index (χ2n) is 5.23.